The molecule has 3 rings (SSSR count). The number of hydrogen-bond acceptors (Lipinski definition) is 2. The van der Waals surface area contributed by atoms with Gasteiger partial charge in [-0.3, -0.25) is 0 Å². The van der Waals surface area contributed by atoms with Crippen molar-refractivity contribution < 1.29 is 9.84 Å². The highest BCUT2D eigenvalue weighted by Crippen LogP contribution is 2.26. The predicted octanol–water partition coefficient (Wildman–Crippen LogP) is 6.85. The van der Waals surface area contributed by atoms with Crippen LogP contribution in [0, 0.1) is 13.8 Å². The molecule has 0 aliphatic rings. The average molecular weight is 407 g/mol. The molecule has 0 aliphatic heterocycles. The molecule has 3 aromatic carbocycles. The largest absolute Gasteiger partial charge is 0.494 e. The lowest BCUT2D eigenvalue weighted by Crippen LogP contribution is -1.98. The zero-order valence-electron chi connectivity index (χ0n) is 17.0. The molecule has 1 N–H and O–H groups in total. The van der Waals surface area contributed by atoms with E-state index >= 15 is 0 Å². The van der Waals surface area contributed by atoms with Gasteiger partial charge in [-0.1, -0.05) is 60.1 Å². The number of benzene rings is 3. The number of aryl methyl sites for hydroxylation is 2. The lowest BCUT2D eigenvalue weighted by molar-refractivity contribution is 0.281. The van der Waals surface area contributed by atoms with Crippen molar-refractivity contribution >= 4 is 23.3 Å². The Bertz CT molecular complexity index is 974. The summed E-state index contributed by atoms with van der Waals surface area (Å²) >= 11 is 6.23. The van der Waals surface area contributed by atoms with Crippen molar-refractivity contribution in [3.05, 3.63) is 99.6 Å². The monoisotopic (exact) mass is 406 g/mol. The quantitative estimate of drug-likeness (QED) is 0.327. The van der Waals surface area contributed by atoms with Crippen LogP contribution < -0.4 is 4.74 Å². The van der Waals surface area contributed by atoms with E-state index < -0.39 is 0 Å². The van der Waals surface area contributed by atoms with Gasteiger partial charge >= 0.3 is 0 Å². The van der Waals surface area contributed by atoms with Crippen LogP contribution in [0.4, 0.5) is 0 Å². The Morgan fingerprint density at radius 2 is 1.76 bits per heavy atom. The average Bonchev–Trinajstić information content (AvgIpc) is 2.73. The molecule has 0 saturated heterocycles. The summed E-state index contributed by atoms with van der Waals surface area (Å²) in [6.07, 6.45) is 4.03. The molecule has 3 heteroatoms. The van der Waals surface area contributed by atoms with E-state index in [1.165, 1.54) is 22.3 Å². The van der Waals surface area contributed by atoms with Crippen LogP contribution in [0.2, 0.25) is 5.02 Å². The fourth-order valence-electron chi connectivity index (χ4n) is 3.19. The van der Waals surface area contributed by atoms with Crippen LogP contribution in [0.25, 0.3) is 11.6 Å². The summed E-state index contributed by atoms with van der Waals surface area (Å²) in [6.45, 7) is 4.95. The van der Waals surface area contributed by atoms with Crippen LogP contribution in [0.5, 0.6) is 5.75 Å². The van der Waals surface area contributed by atoms with Crippen LogP contribution in [0.15, 0.2) is 66.7 Å². The summed E-state index contributed by atoms with van der Waals surface area (Å²) in [5.41, 5.74) is 7.06. The van der Waals surface area contributed by atoms with E-state index in [-0.39, 0.29) is 6.61 Å². The highest BCUT2D eigenvalue weighted by atomic mass is 35.5. The highest BCUT2D eigenvalue weighted by molar-refractivity contribution is 6.30. The van der Waals surface area contributed by atoms with Gasteiger partial charge in [0.25, 0.3) is 0 Å². The molecule has 150 valence electrons. The lowest BCUT2D eigenvalue weighted by atomic mass is 9.97. The van der Waals surface area contributed by atoms with Gasteiger partial charge in [0.15, 0.2) is 0 Å². The summed E-state index contributed by atoms with van der Waals surface area (Å²) in [4.78, 5) is 0. The maximum Gasteiger partial charge on any atom is 0.119 e. The van der Waals surface area contributed by atoms with Gasteiger partial charge in [-0.05, 0) is 84.3 Å². The first-order valence-corrected chi connectivity index (χ1v) is 10.3. The number of hydrogen-bond donors (Lipinski definition) is 1. The summed E-state index contributed by atoms with van der Waals surface area (Å²) in [5, 5.41) is 9.87. The van der Waals surface area contributed by atoms with E-state index in [2.05, 4.69) is 44.2 Å². The van der Waals surface area contributed by atoms with Gasteiger partial charge in [0.05, 0.1) is 13.2 Å². The van der Waals surface area contributed by atoms with Gasteiger partial charge in [0.1, 0.15) is 5.75 Å². The van der Waals surface area contributed by atoms with Crippen molar-refractivity contribution in [1.82, 2.24) is 0 Å². The standard InChI is InChI=1S/C26H27ClO2/c1-19-8-9-22(15-20(19)2)16-23(24-5-3-7-25(27)17-24)6-4-14-29-26-12-10-21(18-28)11-13-26/h3,5,7-13,15-17,28H,4,6,14,18H2,1-2H3/b23-16+. The zero-order valence-corrected chi connectivity index (χ0v) is 17.7. The maximum absolute atomic E-state index is 9.13. The van der Waals surface area contributed by atoms with Crippen molar-refractivity contribution in [3.8, 4) is 5.75 Å². The molecule has 0 spiro atoms. The summed E-state index contributed by atoms with van der Waals surface area (Å²) in [5.74, 6) is 0.824. The minimum atomic E-state index is 0.0482. The number of rotatable bonds is 8. The molecular formula is C26H27ClO2. The topological polar surface area (TPSA) is 29.5 Å². The molecule has 3 aromatic rings. The second-order valence-corrected chi connectivity index (χ2v) is 7.71. The molecule has 29 heavy (non-hydrogen) atoms. The number of allylic oxidation sites excluding steroid dienone is 1. The second kappa shape index (κ2) is 10.3. The van der Waals surface area contributed by atoms with E-state index in [9.17, 15) is 0 Å². The number of aliphatic hydroxyl groups is 1. The van der Waals surface area contributed by atoms with Crippen LogP contribution in [0.1, 0.15) is 40.7 Å². The molecule has 0 saturated carbocycles. The van der Waals surface area contributed by atoms with Crippen molar-refractivity contribution in [3.63, 3.8) is 0 Å². The Kier molecular flexibility index (Phi) is 7.51. The third-order valence-electron chi connectivity index (χ3n) is 5.03. The predicted molar refractivity (Wildman–Crippen MR) is 122 cm³/mol. The number of aliphatic hydroxyl groups excluding tert-OH is 1. The first-order chi connectivity index (χ1) is 14.0. The molecule has 0 aliphatic carbocycles. The first kappa shape index (κ1) is 21.2. The van der Waals surface area contributed by atoms with E-state index in [0.717, 1.165) is 34.7 Å². The second-order valence-electron chi connectivity index (χ2n) is 7.28. The van der Waals surface area contributed by atoms with E-state index in [4.69, 9.17) is 21.4 Å². The Labute approximate surface area is 178 Å². The van der Waals surface area contributed by atoms with Crippen LogP contribution >= 0.6 is 11.6 Å². The molecule has 0 fully saturated rings. The van der Waals surface area contributed by atoms with Gasteiger partial charge in [0, 0.05) is 5.02 Å². The Morgan fingerprint density at radius 3 is 2.45 bits per heavy atom. The number of halogens is 1. The van der Waals surface area contributed by atoms with Crippen LogP contribution in [-0.2, 0) is 6.61 Å². The molecule has 0 aromatic heterocycles. The van der Waals surface area contributed by atoms with Gasteiger partial charge in [-0.25, -0.2) is 0 Å². The van der Waals surface area contributed by atoms with E-state index in [1.54, 1.807) is 0 Å². The SMILES string of the molecule is Cc1ccc(/C=C(\CCCOc2ccc(CO)cc2)c2cccc(Cl)c2)cc1C. The zero-order chi connectivity index (χ0) is 20.6. The highest BCUT2D eigenvalue weighted by Gasteiger charge is 2.05. The molecule has 0 unspecified atom stereocenters. The minimum absolute atomic E-state index is 0.0482. The van der Waals surface area contributed by atoms with E-state index in [1.807, 2.05) is 42.5 Å². The van der Waals surface area contributed by atoms with E-state index in [0.29, 0.717) is 6.61 Å². The normalized spacial score (nSPS) is 11.5. The summed E-state index contributed by atoms with van der Waals surface area (Å²) in [6, 6.07) is 22.1. The van der Waals surface area contributed by atoms with Gasteiger partial charge in [-0.2, -0.15) is 0 Å². The molecule has 0 atom stereocenters. The summed E-state index contributed by atoms with van der Waals surface area (Å²) < 4.78 is 5.87. The van der Waals surface area contributed by atoms with Crippen molar-refractivity contribution in [1.29, 1.82) is 0 Å². The van der Waals surface area contributed by atoms with Gasteiger partial charge in [0.2, 0.25) is 0 Å². The van der Waals surface area contributed by atoms with Crippen molar-refractivity contribution in [2.75, 3.05) is 6.61 Å². The van der Waals surface area contributed by atoms with Crippen LogP contribution in [0.3, 0.4) is 0 Å². The molecule has 0 radical (unpaired) electrons. The maximum atomic E-state index is 9.13. The van der Waals surface area contributed by atoms with Crippen molar-refractivity contribution in [2.45, 2.75) is 33.3 Å². The first-order valence-electron chi connectivity index (χ1n) is 9.91. The van der Waals surface area contributed by atoms with Gasteiger partial charge < -0.3 is 9.84 Å². The molecule has 0 amide bonds. The molecule has 2 nitrogen and oxygen atoms in total. The Morgan fingerprint density at radius 1 is 0.966 bits per heavy atom. The fourth-order valence-corrected chi connectivity index (χ4v) is 3.38. The van der Waals surface area contributed by atoms with Crippen LogP contribution in [-0.4, -0.2) is 11.7 Å². The fraction of sp³-hybridized carbons (Fsp3) is 0.231. The molecule has 0 bridgehead atoms. The van der Waals surface area contributed by atoms with Crippen molar-refractivity contribution in [2.24, 2.45) is 0 Å². The summed E-state index contributed by atoms with van der Waals surface area (Å²) in [7, 11) is 0. The smallest absolute Gasteiger partial charge is 0.119 e. The molecular weight excluding hydrogens is 380 g/mol. The Balaban J connectivity index is 1.71. The van der Waals surface area contributed by atoms with Gasteiger partial charge in [-0.15, -0.1) is 0 Å². The third kappa shape index (κ3) is 6.22. The lowest BCUT2D eigenvalue weighted by Gasteiger charge is -2.11. The number of ether oxygens (including phenoxy) is 1. The molecule has 0 heterocycles. The third-order valence-corrected chi connectivity index (χ3v) is 5.27. The Hall–Kier alpha value is -2.55. The minimum Gasteiger partial charge on any atom is -0.494 e.